The summed E-state index contributed by atoms with van der Waals surface area (Å²) < 4.78 is 0. The SMILES string of the molecule is CCCCCC[C@@H](O)C/C=C\CCCCCCCC(=O)O.OCC(O)CO.OCC(O)CO.OCC(O)CO.OCC(O)CO.OCC(O)CO.OCC(O)CO. The van der Waals surface area contributed by atoms with Crippen molar-refractivity contribution in [2.45, 2.75) is 133 Å². The first-order valence-electron chi connectivity index (χ1n) is 19.0. The summed E-state index contributed by atoms with van der Waals surface area (Å²) >= 11 is 0. The number of hydrogen-bond donors (Lipinski definition) is 20. The molecule has 20 N–H and O–H groups in total. The molecule has 57 heavy (non-hydrogen) atoms. The average Bonchev–Trinajstić information content (AvgIpc) is 3.24. The number of aliphatic hydroxyl groups excluding tert-OH is 19. The highest BCUT2D eigenvalue weighted by Crippen LogP contribution is 2.10. The molecule has 0 heterocycles. The normalized spacial score (nSPS) is 11.1. The molecular weight excluding hydrogens is 768 g/mol. The number of unbranched alkanes of at least 4 members (excludes halogenated alkanes) is 8. The second-order valence-corrected chi connectivity index (χ2v) is 12.0. The smallest absolute Gasteiger partial charge is 0.303 e. The number of hydrogen-bond acceptors (Lipinski definition) is 20. The second-order valence-electron chi connectivity index (χ2n) is 12.0. The summed E-state index contributed by atoms with van der Waals surface area (Å²) in [6.45, 7) is -2.18. The molecule has 0 saturated carbocycles. The van der Waals surface area contributed by atoms with E-state index in [1.165, 1.54) is 25.7 Å². The molecule has 0 amide bonds. The summed E-state index contributed by atoms with van der Waals surface area (Å²) in [7, 11) is 0. The van der Waals surface area contributed by atoms with E-state index in [-0.39, 0.29) is 85.4 Å². The molecule has 1 atom stereocenters. The third-order valence-corrected chi connectivity index (χ3v) is 6.26. The van der Waals surface area contributed by atoms with Gasteiger partial charge in [0.25, 0.3) is 0 Å². The average molecular weight is 851 g/mol. The van der Waals surface area contributed by atoms with Crippen molar-refractivity contribution in [1.29, 1.82) is 0 Å². The van der Waals surface area contributed by atoms with Crippen LogP contribution >= 0.6 is 0 Å². The molecule has 0 aromatic carbocycles. The van der Waals surface area contributed by atoms with E-state index in [4.69, 9.17) is 97.0 Å². The Morgan fingerprint density at radius 3 is 0.930 bits per heavy atom. The van der Waals surface area contributed by atoms with Crippen LogP contribution < -0.4 is 0 Å². The first kappa shape index (κ1) is 70.0. The molecule has 0 aromatic heterocycles. The maximum Gasteiger partial charge on any atom is 0.303 e. The maximum atomic E-state index is 10.3. The van der Waals surface area contributed by atoms with Crippen molar-refractivity contribution in [1.82, 2.24) is 0 Å². The zero-order valence-corrected chi connectivity index (χ0v) is 33.7. The fourth-order valence-corrected chi connectivity index (χ4v) is 2.71. The maximum absolute atomic E-state index is 10.3. The summed E-state index contributed by atoms with van der Waals surface area (Å²) in [5.74, 6) is -0.689. The molecule has 0 aromatic rings. The Hall–Kier alpha value is -1.55. The molecule has 21 heteroatoms. The Morgan fingerprint density at radius 1 is 0.386 bits per heavy atom. The van der Waals surface area contributed by atoms with E-state index >= 15 is 0 Å². The minimum Gasteiger partial charge on any atom is -0.481 e. The minimum absolute atomic E-state index is 0.172. The lowest BCUT2D eigenvalue weighted by molar-refractivity contribution is -0.137. The highest BCUT2D eigenvalue weighted by Gasteiger charge is 2.01. The van der Waals surface area contributed by atoms with Crippen LogP contribution in [0.15, 0.2) is 12.2 Å². The topological polar surface area (TPSA) is 422 Å². The van der Waals surface area contributed by atoms with Crippen LogP contribution in [0.25, 0.3) is 0 Å². The van der Waals surface area contributed by atoms with Crippen molar-refractivity contribution in [3.63, 3.8) is 0 Å². The number of aliphatic hydroxyl groups is 19. The zero-order valence-electron chi connectivity index (χ0n) is 33.7. The van der Waals surface area contributed by atoms with Crippen molar-refractivity contribution in [3.05, 3.63) is 12.2 Å². The zero-order chi connectivity index (χ0) is 45.7. The standard InChI is InChI=1S/C18H34O3.6C3H8O3/c1-2-3-4-11-14-17(19)15-12-9-7-5-6-8-10-13-16-18(20)21;6*4-1-3(6)2-5/h9,12,17,19H,2-8,10-11,13-16H2,1H3,(H,20,21);6*3-6H,1-2H2/b12-9-;;;;;;/t17-;;;;;;/m1....../s1. The lowest BCUT2D eigenvalue weighted by atomic mass is 10.1. The molecule has 0 aliphatic heterocycles. The number of carboxylic acid groups (broad SMARTS) is 1. The molecule has 0 aliphatic carbocycles. The van der Waals surface area contributed by atoms with Gasteiger partial charge in [0.15, 0.2) is 0 Å². The van der Waals surface area contributed by atoms with Crippen LogP contribution in [0.3, 0.4) is 0 Å². The van der Waals surface area contributed by atoms with E-state index in [0.29, 0.717) is 6.42 Å². The van der Waals surface area contributed by atoms with Gasteiger partial charge in [0.05, 0.1) is 85.4 Å². The highest BCUT2D eigenvalue weighted by molar-refractivity contribution is 5.66. The van der Waals surface area contributed by atoms with Crippen LogP contribution in [-0.2, 0) is 4.79 Å². The third kappa shape index (κ3) is 87.2. The van der Waals surface area contributed by atoms with Crippen molar-refractivity contribution in [2.24, 2.45) is 0 Å². The van der Waals surface area contributed by atoms with Gasteiger partial charge in [0.1, 0.15) is 36.6 Å². The van der Waals surface area contributed by atoms with Crippen molar-refractivity contribution in [3.8, 4) is 0 Å². The fourth-order valence-electron chi connectivity index (χ4n) is 2.71. The second kappa shape index (κ2) is 63.6. The van der Waals surface area contributed by atoms with Gasteiger partial charge in [0, 0.05) is 6.42 Å². The monoisotopic (exact) mass is 851 g/mol. The van der Waals surface area contributed by atoms with Gasteiger partial charge in [0.2, 0.25) is 0 Å². The van der Waals surface area contributed by atoms with Crippen LogP contribution in [0.5, 0.6) is 0 Å². The minimum atomic E-state index is -0.954. The predicted octanol–water partition coefficient (Wildman–Crippen LogP) is -4.93. The van der Waals surface area contributed by atoms with E-state index < -0.39 is 42.6 Å². The Kier molecular flexibility index (Phi) is 78.2. The molecule has 0 fully saturated rings. The van der Waals surface area contributed by atoms with E-state index in [2.05, 4.69) is 19.1 Å². The Morgan fingerprint density at radius 2 is 0.667 bits per heavy atom. The fraction of sp³-hybridized carbons (Fsp3) is 0.917. The predicted molar refractivity (Wildman–Crippen MR) is 210 cm³/mol. The first-order valence-corrected chi connectivity index (χ1v) is 19.0. The lowest BCUT2D eigenvalue weighted by Gasteiger charge is -2.07. The Bertz CT molecular complexity index is 610. The molecule has 0 spiro atoms. The molecule has 0 rings (SSSR count). The van der Waals surface area contributed by atoms with Gasteiger partial charge in [-0.3, -0.25) is 4.79 Å². The molecule has 0 radical (unpaired) electrons. The molecular formula is C36H82O21. The summed E-state index contributed by atoms with van der Waals surface area (Å²) in [6, 6.07) is 0. The summed E-state index contributed by atoms with van der Waals surface area (Å²) in [5, 5.41) is 162. The van der Waals surface area contributed by atoms with E-state index in [1.54, 1.807) is 0 Å². The molecule has 0 saturated heterocycles. The van der Waals surface area contributed by atoms with Gasteiger partial charge >= 0.3 is 5.97 Å². The number of aliphatic carboxylic acids is 1. The quantitative estimate of drug-likeness (QED) is 0.0272. The van der Waals surface area contributed by atoms with E-state index in [0.717, 1.165) is 51.4 Å². The molecule has 0 bridgehead atoms. The van der Waals surface area contributed by atoms with Crippen molar-refractivity contribution < 1.29 is 107 Å². The molecule has 352 valence electrons. The van der Waals surface area contributed by atoms with Gasteiger partial charge in [-0.15, -0.1) is 0 Å². The van der Waals surface area contributed by atoms with Gasteiger partial charge in [-0.2, -0.15) is 0 Å². The van der Waals surface area contributed by atoms with Crippen LogP contribution in [-0.4, -0.2) is 230 Å². The van der Waals surface area contributed by atoms with E-state index in [1.807, 2.05) is 0 Å². The molecule has 0 unspecified atom stereocenters. The number of rotatable bonds is 27. The van der Waals surface area contributed by atoms with Crippen LogP contribution in [0.1, 0.15) is 90.4 Å². The number of carbonyl (C=O) groups is 1. The summed E-state index contributed by atoms with van der Waals surface area (Å²) in [6.07, 6.45) is 11.6. The van der Waals surface area contributed by atoms with Gasteiger partial charge in [-0.25, -0.2) is 0 Å². The third-order valence-electron chi connectivity index (χ3n) is 6.26. The van der Waals surface area contributed by atoms with Crippen molar-refractivity contribution in [2.75, 3.05) is 79.3 Å². The van der Waals surface area contributed by atoms with Crippen molar-refractivity contribution >= 4 is 5.97 Å². The van der Waals surface area contributed by atoms with Crippen LogP contribution in [0, 0.1) is 0 Å². The van der Waals surface area contributed by atoms with Gasteiger partial charge in [-0.05, 0) is 32.1 Å². The van der Waals surface area contributed by atoms with Gasteiger partial charge < -0.3 is 102 Å². The Balaban J connectivity index is -0.000000114. The number of allylic oxidation sites excluding steroid dienone is 1. The van der Waals surface area contributed by atoms with Gasteiger partial charge in [-0.1, -0.05) is 64.0 Å². The lowest BCUT2D eigenvalue weighted by Crippen LogP contribution is -2.15. The Labute approximate surface area is 337 Å². The first-order chi connectivity index (χ1) is 27.0. The molecule has 0 aliphatic rings. The summed E-state index contributed by atoms with van der Waals surface area (Å²) in [4.78, 5) is 10.3. The highest BCUT2D eigenvalue weighted by atomic mass is 16.4. The molecule has 21 nitrogen and oxygen atoms in total. The van der Waals surface area contributed by atoms with E-state index in [9.17, 15) is 9.90 Å². The van der Waals surface area contributed by atoms with Crippen LogP contribution in [0.2, 0.25) is 0 Å². The largest absolute Gasteiger partial charge is 0.481 e. The summed E-state index contributed by atoms with van der Waals surface area (Å²) in [5.41, 5.74) is 0. The van der Waals surface area contributed by atoms with Crippen LogP contribution in [0.4, 0.5) is 0 Å². The number of carboxylic acids is 1.